The number of hydrogen-bond acceptors (Lipinski definition) is 4. The molecule has 0 unspecified atom stereocenters. The van der Waals surface area contributed by atoms with Crippen LogP contribution in [0.2, 0.25) is 0 Å². The van der Waals surface area contributed by atoms with Crippen molar-refractivity contribution in [1.82, 2.24) is 4.98 Å². The Morgan fingerprint density at radius 3 is 2.59 bits per heavy atom. The number of aryl methyl sites for hydroxylation is 3. The first-order valence-corrected chi connectivity index (χ1v) is 9.76. The number of rotatable bonds is 5. The minimum absolute atomic E-state index is 0.0790. The molecule has 0 saturated carbocycles. The standard InChI is InChI=1S/C22H24N2O2S/c1-13-10-15(3)21-17(11-13)14(2)12-20(24-21)27-16(4)22(25)23-18-8-6-7-9-19(18)26-5/h6-12,16H,1-5H3,(H,23,25)/t16-/m1/s1. The number of fused-ring (bicyclic) bond motifs is 1. The highest BCUT2D eigenvalue weighted by atomic mass is 32.2. The van der Waals surface area contributed by atoms with Crippen LogP contribution >= 0.6 is 11.8 Å². The molecule has 4 nitrogen and oxygen atoms in total. The summed E-state index contributed by atoms with van der Waals surface area (Å²) in [6.07, 6.45) is 0. The van der Waals surface area contributed by atoms with Crippen molar-refractivity contribution in [2.75, 3.05) is 12.4 Å². The van der Waals surface area contributed by atoms with Crippen molar-refractivity contribution >= 4 is 34.3 Å². The van der Waals surface area contributed by atoms with Crippen LogP contribution in [0.4, 0.5) is 5.69 Å². The molecule has 140 valence electrons. The van der Waals surface area contributed by atoms with E-state index >= 15 is 0 Å². The van der Waals surface area contributed by atoms with Crippen LogP contribution in [0.25, 0.3) is 10.9 Å². The van der Waals surface area contributed by atoms with Gasteiger partial charge in [-0.2, -0.15) is 0 Å². The Kier molecular flexibility index (Phi) is 5.71. The fourth-order valence-corrected chi connectivity index (χ4v) is 4.01. The Balaban J connectivity index is 1.81. The summed E-state index contributed by atoms with van der Waals surface area (Å²) < 4.78 is 5.30. The molecule has 0 spiro atoms. The zero-order valence-corrected chi connectivity index (χ0v) is 17.1. The maximum atomic E-state index is 12.6. The second-order valence-electron chi connectivity index (χ2n) is 6.70. The summed E-state index contributed by atoms with van der Waals surface area (Å²) in [5, 5.41) is 4.68. The van der Waals surface area contributed by atoms with E-state index in [0.29, 0.717) is 11.4 Å². The van der Waals surface area contributed by atoms with Gasteiger partial charge in [0.05, 0.1) is 28.6 Å². The normalized spacial score (nSPS) is 12.0. The van der Waals surface area contributed by atoms with Gasteiger partial charge in [-0.15, -0.1) is 0 Å². The Labute approximate surface area is 164 Å². The lowest BCUT2D eigenvalue weighted by Crippen LogP contribution is -2.22. The number of pyridine rings is 1. The minimum atomic E-state index is -0.287. The highest BCUT2D eigenvalue weighted by molar-refractivity contribution is 8.00. The van der Waals surface area contributed by atoms with Gasteiger partial charge in [-0.3, -0.25) is 4.79 Å². The van der Waals surface area contributed by atoms with E-state index in [9.17, 15) is 4.79 Å². The molecule has 1 atom stereocenters. The van der Waals surface area contributed by atoms with Crippen molar-refractivity contribution in [2.24, 2.45) is 0 Å². The van der Waals surface area contributed by atoms with Crippen molar-refractivity contribution < 1.29 is 9.53 Å². The number of benzene rings is 2. The van der Waals surface area contributed by atoms with Gasteiger partial charge in [-0.1, -0.05) is 35.5 Å². The molecular formula is C22H24N2O2S. The average Bonchev–Trinajstić information content (AvgIpc) is 2.63. The molecule has 5 heteroatoms. The maximum absolute atomic E-state index is 12.6. The lowest BCUT2D eigenvalue weighted by Gasteiger charge is -2.15. The van der Waals surface area contributed by atoms with Crippen LogP contribution in [-0.4, -0.2) is 23.3 Å². The lowest BCUT2D eigenvalue weighted by atomic mass is 10.0. The summed E-state index contributed by atoms with van der Waals surface area (Å²) in [6.45, 7) is 8.15. The monoisotopic (exact) mass is 380 g/mol. The van der Waals surface area contributed by atoms with Crippen molar-refractivity contribution in [1.29, 1.82) is 0 Å². The fraction of sp³-hybridized carbons (Fsp3) is 0.273. The van der Waals surface area contributed by atoms with Crippen LogP contribution in [0.15, 0.2) is 47.5 Å². The molecule has 0 radical (unpaired) electrons. The van der Waals surface area contributed by atoms with Gasteiger partial charge in [-0.25, -0.2) is 4.98 Å². The molecule has 0 saturated heterocycles. The number of nitrogens with one attached hydrogen (secondary N) is 1. The third kappa shape index (κ3) is 4.25. The van der Waals surface area contributed by atoms with Gasteiger partial charge < -0.3 is 10.1 Å². The topological polar surface area (TPSA) is 51.2 Å². The van der Waals surface area contributed by atoms with E-state index in [1.165, 1.54) is 28.3 Å². The van der Waals surface area contributed by atoms with Gasteiger partial charge in [0.25, 0.3) is 0 Å². The first-order chi connectivity index (χ1) is 12.9. The first kappa shape index (κ1) is 19.2. The molecule has 1 heterocycles. The van der Waals surface area contributed by atoms with Crippen LogP contribution in [0, 0.1) is 20.8 Å². The van der Waals surface area contributed by atoms with E-state index < -0.39 is 0 Å². The molecule has 0 aliphatic carbocycles. The molecule has 3 rings (SSSR count). The van der Waals surface area contributed by atoms with Crippen molar-refractivity contribution in [3.05, 3.63) is 59.2 Å². The largest absolute Gasteiger partial charge is 0.495 e. The SMILES string of the molecule is COc1ccccc1NC(=O)[C@@H](C)Sc1cc(C)c2cc(C)cc(C)c2n1. The molecule has 0 bridgehead atoms. The summed E-state index contributed by atoms with van der Waals surface area (Å²) in [6, 6.07) is 13.8. The number of aromatic nitrogens is 1. The third-order valence-electron chi connectivity index (χ3n) is 4.46. The van der Waals surface area contributed by atoms with E-state index in [2.05, 4.69) is 44.3 Å². The van der Waals surface area contributed by atoms with Gasteiger partial charge in [0.2, 0.25) is 5.91 Å². The summed E-state index contributed by atoms with van der Waals surface area (Å²) in [7, 11) is 1.59. The summed E-state index contributed by atoms with van der Waals surface area (Å²) in [4.78, 5) is 17.4. The number of hydrogen-bond donors (Lipinski definition) is 1. The van der Waals surface area contributed by atoms with Crippen LogP contribution < -0.4 is 10.1 Å². The number of nitrogens with zero attached hydrogens (tertiary/aromatic N) is 1. The fourth-order valence-electron chi connectivity index (χ4n) is 3.09. The molecular weight excluding hydrogens is 356 g/mol. The van der Waals surface area contributed by atoms with Gasteiger partial charge in [0, 0.05) is 5.39 Å². The van der Waals surface area contributed by atoms with E-state index in [-0.39, 0.29) is 11.2 Å². The Morgan fingerprint density at radius 2 is 1.85 bits per heavy atom. The second kappa shape index (κ2) is 8.01. The van der Waals surface area contributed by atoms with Gasteiger partial charge in [0.15, 0.2) is 0 Å². The molecule has 1 amide bonds. The summed E-state index contributed by atoms with van der Waals surface area (Å²) in [5.41, 5.74) is 5.23. The zero-order valence-electron chi connectivity index (χ0n) is 16.3. The number of amides is 1. The Morgan fingerprint density at radius 1 is 1.11 bits per heavy atom. The number of methoxy groups -OCH3 is 1. The van der Waals surface area contributed by atoms with E-state index in [4.69, 9.17) is 9.72 Å². The highest BCUT2D eigenvalue weighted by Crippen LogP contribution is 2.30. The molecule has 3 aromatic rings. The van der Waals surface area contributed by atoms with Crippen LogP contribution in [-0.2, 0) is 4.79 Å². The molecule has 2 aromatic carbocycles. The number of carbonyl (C=O) groups excluding carboxylic acids is 1. The quantitative estimate of drug-likeness (QED) is 0.611. The molecule has 0 aliphatic rings. The Bertz CT molecular complexity index is 1000. The highest BCUT2D eigenvalue weighted by Gasteiger charge is 2.18. The van der Waals surface area contributed by atoms with Crippen LogP contribution in [0.5, 0.6) is 5.75 Å². The van der Waals surface area contributed by atoms with Crippen molar-refractivity contribution in [3.8, 4) is 5.75 Å². The van der Waals surface area contributed by atoms with Crippen molar-refractivity contribution in [2.45, 2.75) is 38.0 Å². The number of carbonyl (C=O) groups is 1. The molecule has 1 N–H and O–H groups in total. The lowest BCUT2D eigenvalue weighted by molar-refractivity contribution is -0.115. The molecule has 0 aliphatic heterocycles. The second-order valence-corrected chi connectivity index (χ2v) is 8.07. The smallest absolute Gasteiger partial charge is 0.237 e. The Hall–Kier alpha value is -2.53. The zero-order chi connectivity index (χ0) is 19.6. The first-order valence-electron chi connectivity index (χ1n) is 8.88. The predicted octanol–water partition coefficient (Wildman–Crippen LogP) is 5.29. The van der Waals surface area contributed by atoms with E-state index in [1.807, 2.05) is 31.2 Å². The van der Waals surface area contributed by atoms with Gasteiger partial charge in [-0.05, 0) is 63.1 Å². The van der Waals surface area contributed by atoms with Gasteiger partial charge in [0.1, 0.15) is 5.75 Å². The van der Waals surface area contributed by atoms with E-state index in [1.54, 1.807) is 7.11 Å². The van der Waals surface area contributed by atoms with Gasteiger partial charge >= 0.3 is 0 Å². The van der Waals surface area contributed by atoms with E-state index in [0.717, 1.165) is 16.1 Å². The number of ether oxygens (including phenoxy) is 1. The van der Waals surface area contributed by atoms with Crippen molar-refractivity contribution in [3.63, 3.8) is 0 Å². The molecule has 0 fully saturated rings. The summed E-state index contributed by atoms with van der Waals surface area (Å²) >= 11 is 1.46. The third-order valence-corrected chi connectivity index (χ3v) is 5.48. The molecule has 1 aromatic heterocycles. The summed E-state index contributed by atoms with van der Waals surface area (Å²) in [5.74, 6) is 0.568. The van der Waals surface area contributed by atoms with Crippen LogP contribution in [0.3, 0.4) is 0 Å². The van der Waals surface area contributed by atoms with Crippen LogP contribution in [0.1, 0.15) is 23.6 Å². The average molecular weight is 381 g/mol. The number of anilines is 1. The predicted molar refractivity (Wildman–Crippen MR) is 113 cm³/mol. The minimum Gasteiger partial charge on any atom is -0.495 e. The number of para-hydroxylation sites is 2. The molecule has 27 heavy (non-hydrogen) atoms. The number of thioether (sulfide) groups is 1. The maximum Gasteiger partial charge on any atom is 0.237 e.